The smallest absolute Gasteiger partial charge is 0.439 e. The van der Waals surface area contributed by atoms with Gasteiger partial charge in [-0.15, -0.1) is 0 Å². The normalized spacial score (nSPS) is 34.0. The van der Waals surface area contributed by atoms with Gasteiger partial charge in [-0.25, -0.2) is 4.79 Å². The van der Waals surface area contributed by atoms with Gasteiger partial charge >= 0.3 is 36.2 Å². The molecule has 164 valence electrons. The number of hydrogen-bond donors (Lipinski definition) is 1. The van der Waals surface area contributed by atoms with Crippen LogP contribution in [0.25, 0.3) is 0 Å². The van der Waals surface area contributed by atoms with E-state index in [0.29, 0.717) is 6.92 Å². The SMILES string of the molecule is C=CC(=O)OC1(C(F)(F)F)CC(CC)(C(F)(F)F)OC(O)(C(F)(F)F)C1(F)F. The molecule has 1 fully saturated rings. The molecule has 1 heterocycles. The summed E-state index contributed by atoms with van der Waals surface area (Å²) in [7, 11) is 0. The van der Waals surface area contributed by atoms with Crippen LogP contribution in [-0.2, 0) is 14.3 Å². The molecule has 15 heteroatoms. The van der Waals surface area contributed by atoms with Crippen LogP contribution in [-0.4, -0.2) is 52.5 Å². The molecule has 0 amide bonds. The minimum Gasteiger partial charge on any atom is -0.439 e. The fraction of sp³-hybridized carbons (Fsp3) is 0.769. The molecule has 3 unspecified atom stereocenters. The maximum atomic E-state index is 14.4. The average molecular weight is 440 g/mol. The average Bonchev–Trinajstić information content (AvgIpc) is 2.48. The molecule has 1 N–H and O–H groups in total. The van der Waals surface area contributed by atoms with Crippen LogP contribution in [0, 0.1) is 0 Å². The van der Waals surface area contributed by atoms with Crippen LogP contribution in [0.2, 0.25) is 0 Å². The number of carbonyl (C=O) groups excluding carboxylic acids is 1. The molecule has 0 aliphatic carbocycles. The summed E-state index contributed by atoms with van der Waals surface area (Å²) in [6.45, 7) is 2.93. The van der Waals surface area contributed by atoms with Crippen LogP contribution in [0.4, 0.5) is 48.3 Å². The van der Waals surface area contributed by atoms with Gasteiger partial charge in [-0.3, -0.25) is 0 Å². The highest BCUT2D eigenvalue weighted by Crippen LogP contribution is 2.64. The number of carbonyl (C=O) groups is 1. The van der Waals surface area contributed by atoms with E-state index in [0.717, 1.165) is 0 Å². The highest BCUT2D eigenvalue weighted by Gasteiger charge is 2.92. The van der Waals surface area contributed by atoms with Crippen molar-refractivity contribution < 1.29 is 67.7 Å². The summed E-state index contributed by atoms with van der Waals surface area (Å²) in [5.41, 5.74) is -10.4. The van der Waals surface area contributed by atoms with Gasteiger partial charge in [0.15, 0.2) is 5.60 Å². The Morgan fingerprint density at radius 2 is 1.54 bits per heavy atom. The molecule has 1 saturated heterocycles. The highest BCUT2D eigenvalue weighted by atomic mass is 19.4. The molecule has 0 bridgehead atoms. The third-order valence-electron chi connectivity index (χ3n) is 4.18. The summed E-state index contributed by atoms with van der Waals surface area (Å²) in [5.74, 6) is -15.4. The molecule has 1 aliphatic rings. The topological polar surface area (TPSA) is 55.8 Å². The van der Waals surface area contributed by atoms with Crippen LogP contribution >= 0.6 is 0 Å². The van der Waals surface area contributed by atoms with Crippen molar-refractivity contribution in [1.82, 2.24) is 0 Å². The fourth-order valence-electron chi connectivity index (χ4n) is 2.61. The van der Waals surface area contributed by atoms with Crippen LogP contribution < -0.4 is 0 Å². The molecule has 28 heavy (non-hydrogen) atoms. The van der Waals surface area contributed by atoms with E-state index in [9.17, 15) is 58.2 Å². The first-order valence-electron chi connectivity index (χ1n) is 7.04. The van der Waals surface area contributed by atoms with E-state index >= 15 is 0 Å². The maximum Gasteiger partial charge on any atom is 0.449 e. The number of rotatable bonds is 3. The number of esters is 1. The van der Waals surface area contributed by atoms with E-state index in [2.05, 4.69) is 16.1 Å². The van der Waals surface area contributed by atoms with Crippen molar-refractivity contribution in [3.8, 4) is 0 Å². The van der Waals surface area contributed by atoms with Crippen molar-refractivity contribution in [1.29, 1.82) is 0 Å². The number of halogens is 11. The minimum absolute atomic E-state index is 0.188. The van der Waals surface area contributed by atoms with Gasteiger partial charge < -0.3 is 14.6 Å². The van der Waals surface area contributed by atoms with Gasteiger partial charge in [0.05, 0.1) is 0 Å². The molecule has 1 aliphatic heterocycles. The summed E-state index contributed by atoms with van der Waals surface area (Å²) in [4.78, 5) is 11.2. The van der Waals surface area contributed by atoms with Crippen molar-refractivity contribution in [3.63, 3.8) is 0 Å². The zero-order chi connectivity index (χ0) is 22.6. The Kier molecular flexibility index (Phi) is 5.61. The first-order chi connectivity index (χ1) is 12.2. The lowest BCUT2D eigenvalue weighted by atomic mass is 9.73. The molecule has 0 radical (unpaired) electrons. The van der Waals surface area contributed by atoms with Gasteiger partial charge in [0, 0.05) is 12.5 Å². The van der Waals surface area contributed by atoms with E-state index in [1.54, 1.807) is 0 Å². The zero-order valence-corrected chi connectivity index (χ0v) is 13.5. The Balaban J connectivity index is 4.04. The summed E-state index contributed by atoms with van der Waals surface area (Å²) in [5, 5.41) is 9.34. The Labute approximate surface area is 148 Å². The minimum atomic E-state index is -6.86. The molecule has 0 aromatic heterocycles. The van der Waals surface area contributed by atoms with Gasteiger partial charge in [0.2, 0.25) is 0 Å². The lowest BCUT2D eigenvalue weighted by molar-refractivity contribution is -0.536. The number of hydrogen-bond acceptors (Lipinski definition) is 4. The summed E-state index contributed by atoms with van der Waals surface area (Å²) < 4.78 is 155. The lowest BCUT2D eigenvalue weighted by Gasteiger charge is -2.56. The molecular formula is C13H11F11O4. The van der Waals surface area contributed by atoms with Crippen molar-refractivity contribution >= 4 is 5.97 Å². The van der Waals surface area contributed by atoms with Gasteiger partial charge in [-0.1, -0.05) is 13.5 Å². The Morgan fingerprint density at radius 3 is 1.82 bits per heavy atom. The molecule has 0 saturated carbocycles. The molecule has 0 spiro atoms. The van der Waals surface area contributed by atoms with E-state index in [-0.39, 0.29) is 6.08 Å². The predicted molar refractivity (Wildman–Crippen MR) is 65.8 cm³/mol. The van der Waals surface area contributed by atoms with E-state index in [4.69, 9.17) is 0 Å². The van der Waals surface area contributed by atoms with Crippen LogP contribution in [0.1, 0.15) is 19.8 Å². The summed E-state index contributed by atoms with van der Waals surface area (Å²) in [6, 6.07) is 0. The Bertz CT molecular complexity index is 638. The fourth-order valence-corrected chi connectivity index (χ4v) is 2.61. The summed E-state index contributed by atoms with van der Waals surface area (Å²) >= 11 is 0. The first kappa shape index (κ1) is 24.4. The third kappa shape index (κ3) is 3.11. The molecule has 4 nitrogen and oxygen atoms in total. The van der Waals surface area contributed by atoms with Crippen molar-refractivity contribution in [2.24, 2.45) is 0 Å². The van der Waals surface area contributed by atoms with E-state index in [1.165, 1.54) is 0 Å². The molecule has 0 aromatic carbocycles. The van der Waals surface area contributed by atoms with E-state index < -0.39 is 60.3 Å². The third-order valence-corrected chi connectivity index (χ3v) is 4.18. The van der Waals surface area contributed by atoms with Gasteiger partial charge in [0.25, 0.3) is 5.60 Å². The van der Waals surface area contributed by atoms with Crippen LogP contribution in [0.5, 0.6) is 0 Å². The monoisotopic (exact) mass is 440 g/mol. The standard InChI is InChI=1S/C13H11F11O4/c1-3-6(25)27-8(12(19,20)21)5-7(4-2,11(16,17)18)28-10(26,9(8,14)15)13(22,23)24/h3,26H,1,4-5H2,2H3. The second kappa shape index (κ2) is 6.43. The summed E-state index contributed by atoms with van der Waals surface area (Å²) in [6.07, 6.45) is -24.6. The second-order valence-electron chi connectivity index (χ2n) is 5.79. The van der Waals surface area contributed by atoms with Crippen molar-refractivity contribution in [3.05, 3.63) is 12.7 Å². The number of ether oxygens (including phenoxy) is 2. The van der Waals surface area contributed by atoms with Crippen LogP contribution in [0.3, 0.4) is 0 Å². The molecule has 0 aromatic rings. The molecule has 1 rings (SSSR count). The Morgan fingerprint density at radius 1 is 1.07 bits per heavy atom. The Hall–Kier alpha value is -1.64. The van der Waals surface area contributed by atoms with Crippen LogP contribution in [0.15, 0.2) is 12.7 Å². The van der Waals surface area contributed by atoms with Gasteiger partial charge in [0.1, 0.15) is 0 Å². The first-order valence-corrected chi connectivity index (χ1v) is 7.04. The maximum absolute atomic E-state index is 14.4. The second-order valence-corrected chi connectivity index (χ2v) is 5.79. The zero-order valence-electron chi connectivity index (χ0n) is 13.5. The molecule has 3 atom stereocenters. The highest BCUT2D eigenvalue weighted by molar-refractivity contribution is 5.81. The number of aliphatic hydroxyl groups is 1. The van der Waals surface area contributed by atoms with Crippen molar-refractivity contribution in [2.75, 3.05) is 0 Å². The number of alkyl halides is 11. The van der Waals surface area contributed by atoms with E-state index in [1.807, 2.05) is 0 Å². The predicted octanol–water partition coefficient (Wildman–Crippen LogP) is 4.03. The van der Waals surface area contributed by atoms with Crippen molar-refractivity contribution in [2.45, 2.75) is 61.2 Å². The molecular weight excluding hydrogens is 429 g/mol. The van der Waals surface area contributed by atoms with Gasteiger partial charge in [-0.05, 0) is 6.42 Å². The largest absolute Gasteiger partial charge is 0.449 e. The van der Waals surface area contributed by atoms with Gasteiger partial charge in [-0.2, -0.15) is 48.3 Å². The lowest BCUT2D eigenvalue weighted by Crippen LogP contribution is -2.82. The quantitative estimate of drug-likeness (QED) is 0.409.